The van der Waals surface area contributed by atoms with Gasteiger partial charge in [0.25, 0.3) is 0 Å². The molecule has 1 atom stereocenters. The number of carbonyl (C=O) groups excluding carboxylic acids is 1. The largest absolute Gasteiger partial charge is 0.397 e. The zero-order chi connectivity index (χ0) is 13.1. The first-order valence-corrected chi connectivity index (χ1v) is 6.56. The Labute approximate surface area is 112 Å². The summed E-state index contributed by atoms with van der Waals surface area (Å²) >= 11 is 5.84. The number of halogens is 1. The van der Waals surface area contributed by atoms with Crippen LogP contribution < -0.4 is 11.1 Å². The number of nitrogens with one attached hydrogen (secondary N) is 1. The monoisotopic (exact) mass is 267 g/mol. The minimum absolute atomic E-state index is 0.127. The predicted molar refractivity (Wildman–Crippen MR) is 74.8 cm³/mol. The second kappa shape index (κ2) is 5.48. The van der Waals surface area contributed by atoms with Crippen molar-refractivity contribution in [3.63, 3.8) is 0 Å². The van der Waals surface area contributed by atoms with Crippen molar-refractivity contribution < 1.29 is 4.79 Å². The summed E-state index contributed by atoms with van der Waals surface area (Å²) in [5.41, 5.74) is 7.16. The van der Waals surface area contributed by atoms with Gasteiger partial charge in [0, 0.05) is 18.1 Å². The molecule has 4 nitrogen and oxygen atoms in total. The molecule has 0 bridgehead atoms. The van der Waals surface area contributed by atoms with E-state index in [1.165, 1.54) is 0 Å². The molecule has 18 heavy (non-hydrogen) atoms. The molecule has 1 unspecified atom stereocenters. The zero-order valence-electron chi connectivity index (χ0n) is 10.4. The van der Waals surface area contributed by atoms with Crippen LogP contribution in [0.25, 0.3) is 0 Å². The van der Waals surface area contributed by atoms with Crippen molar-refractivity contribution in [3.8, 4) is 0 Å². The first kappa shape index (κ1) is 13.0. The molecule has 1 aliphatic heterocycles. The Hall–Kier alpha value is -1.42. The minimum atomic E-state index is -0.272. The first-order chi connectivity index (χ1) is 8.58. The Kier molecular flexibility index (Phi) is 3.97. The maximum atomic E-state index is 12.1. The van der Waals surface area contributed by atoms with Crippen LogP contribution in [0.4, 0.5) is 11.4 Å². The number of benzene rings is 1. The SMILES string of the molecule is CC(Nc1ccc(Cl)cc1N)C(=O)N1CCCC1. The lowest BCUT2D eigenvalue weighted by atomic mass is 10.2. The predicted octanol–water partition coefficient (Wildman–Crippen LogP) is 2.34. The van der Waals surface area contributed by atoms with E-state index in [-0.39, 0.29) is 11.9 Å². The Morgan fingerprint density at radius 2 is 2.11 bits per heavy atom. The normalized spacial score (nSPS) is 16.7. The highest BCUT2D eigenvalue weighted by Gasteiger charge is 2.23. The number of nitrogens with zero attached hydrogens (tertiary/aromatic N) is 1. The molecule has 0 radical (unpaired) electrons. The van der Waals surface area contributed by atoms with Gasteiger partial charge in [-0.2, -0.15) is 0 Å². The summed E-state index contributed by atoms with van der Waals surface area (Å²) in [6.07, 6.45) is 2.20. The standard InChI is InChI=1S/C13H18ClN3O/c1-9(13(18)17-6-2-3-7-17)16-12-5-4-10(14)8-11(12)15/h4-5,8-9,16H,2-3,6-7,15H2,1H3. The van der Waals surface area contributed by atoms with Gasteiger partial charge < -0.3 is 16.0 Å². The van der Waals surface area contributed by atoms with Gasteiger partial charge in [0.2, 0.25) is 5.91 Å². The third kappa shape index (κ3) is 2.88. The van der Waals surface area contributed by atoms with E-state index in [1.54, 1.807) is 18.2 Å². The average molecular weight is 268 g/mol. The fourth-order valence-corrected chi connectivity index (χ4v) is 2.35. The second-order valence-corrected chi connectivity index (χ2v) is 5.07. The third-order valence-electron chi connectivity index (χ3n) is 3.17. The molecule has 3 N–H and O–H groups in total. The lowest BCUT2D eigenvalue weighted by molar-refractivity contribution is -0.130. The highest BCUT2D eigenvalue weighted by molar-refractivity contribution is 6.31. The fraction of sp³-hybridized carbons (Fsp3) is 0.462. The average Bonchev–Trinajstić information content (AvgIpc) is 2.85. The molecule has 1 fully saturated rings. The molecule has 0 saturated carbocycles. The number of likely N-dealkylation sites (tertiary alicyclic amines) is 1. The summed E-state index contributed by atoms with van der Waals surface area (Å²) < 4.78 is 0. The van der Waals surface area contributed by atoms with Crippen molar-refractivity contribution in [3.05, 3.63) is 23.2 Å². The molecular weight excluding hydrogens is 250 g/mol. The van der Waals surface area contributed by atoms with E-state index < -0.39 is 0 Å². The van der Waals surface area contributed by atoms with E-state index in [1.807, 2.05) is 11.8 Å². The third-order valence-corrected chi connectivity index (χ3v) is 3.41. The molecule has 1 amide bonds. The quantitative estimate of drug-likeness (QED) is 0.827. The second-order valence-electron chi connectivity index (χ2n) is 4.63. The highest BCUT2D eigenvalue weighted by atomic mass is 35.5. The molecule has 0 aromatic heterocycles. The van der Waals surface area contributed by atoms with Gasteiger partial charge in [0.1, 0.15) is 6.04 Å². The van der Waals surface area contributed by atoms with Crippen LogP contribution in [0.1, 0.15) is 19.8 Å². The summed E-state index contributed by atoms with van der Waals surface area (Å²) in [5, 5.41) is 3.73. The Morgan fingerprint density at radius 1 is 1.44 bits per heavy atom. The molecular formula is C13H18ClN3O. The molecule has 1 aliphatic rings. The fourth-order valence-electron chi connectivity index (χ4n) is 2.17. The number of nitrogen functional groups attached to an aromatic ring is 1. The minimum Gasteiger partial charge on any atom is -0.397 e. The topological polar surface area (TPSA) is 58.4 Å². The molecule has 1 saturated heterocycles. The van der Waals surface area contributed by atoms with Crippen LogP contribution in [0.3, 0.4) is 0 Å². The van der Waals surface area contributed by atoms with Crippen molar-refractivity contribution in [1.82, 2.24) is 4.90 Å². The molecule has 1 aromatic rings. The van der Waals surface area contributed by atoms with Crippen LogP contribution >= 0.6 is 11.6 Å². The summed E-state index contributed by atoms with van der Waals surface area (Å²) in [4.78, 5) is 14.0. The lowest BCUT2D eigenvalue weighted by Gasteiger charge is -2.22. The van der Waals surface area contributed by atoms with Crippen LogP contribution in [-0.4, -0.2) is 29.9 Å². The van der Waals surface area contributed by atoms with Crippen molar-refractivity contribution in [1.29, 1.82) is 0 Å². The molecule has 2 rings (SSSR count). The number of hydrogen-bond acceptors (Lipinski definition) is 3. The van der Waals surface area contributed by atoms with E-state index in [0.29, 0.717) is 10.7 Å². The van der Waals surface area contributed by atoms with Crippen molar-refractivity contribution >= 4 is 28.9 Å². The maximum Gasteiger partial charge on any atom is 0.244 e. The van der Waals surface area contributed by atoms with Crippen LogP contribution in [0.15, 0.2) is 18.2 Å². The number of nitrogens with two attached hydrogens (primary N) is 1. The number of carbonyl (C=O) groups is 1. The van der Waals surface area contributed by atoms with Crippen LogP contribution in [0, 0.1) is 0 Å². The molecule has 1 aromatic carbocycles. The first-order valence-electron chi connectivity index (χ1n) is 6.18. The summed E-state index contributed by atoms with van der Waals surface area (Å²) in [5.74, 6) is 0.127. The summed E-state index contributed by atoms with van der Waals surface area (Å²) in [6, 6.07) is 4.96. The van der Waals surface area contributed by atoms with E-state index >= 15 is 0 Å². The van der Waals surface area contributed by atoms with Crippen molar-refractivity contribution in [2.75, 3.05) is 24.1 Å². The van der Waals surface area contributed by atoms with Crippen LogP contribution in [0.2, 0.25) is 5.02 Å². The maximum absolute atomic E-state index is 12.1. The number of amides is 1. The molecule has 1 heterocycles. The van der Waals surface area contributed by atoms with Gasteiger partial charge in [0.15, 0.2) is 0 Å². The summed E-state index contributed by atoms with van der Waals surface area (Å²) in [7, 11) is 0. The molecule has 0 spiro atoms. The van der Waals surface area contributed by atoms with Gasteiger partial charge in [-0.25, -0.2) is 0 Å². The van der Waals surface area contributed by atoms with E-state index in [4.69, 9.17) is 17.3 Å². The van der Waals surface area contributed by atoms with Gasteiger partial charge >= 0.3 is 0 Å². The van der Waals surface area contributed by atoms with Gasteiger partial charge in [-0.3, -0.25) is 4.79 Å². The van der Waals surface area contributed by atoms with Gasteiger partial charge in [-0.05, 0) is 38.0 Å². The Bertz CT molecular complexity index is 444. The number of rotatable bonds is 3. The van der Waals surface area contributed by atoms with E-state index in [0.717, 1.165) is 31.6 Å². The van der Waals surface area contributed by atoms with E-state index in [2.05, 4.69) is 5.32 Å². The molecule has 0 aliphatic carbocycles. The number of anilines is 2. The molecule has 5 heteroatoms. The van der Waals surface area contributed by atoms with Crippen molar-refractivity contribution in [2.45, 2.75) is 25.8 Å². The van der Waals surface area contributed by atoms with Crippen LogP contribution in [-0.2, 0) is 4.79 Å². The van der Waals surface area contributed by atoms with Crippen molar-refractivity contribution in [2.24, 2.45) is 0 Å². The highest BCUT2D eigenvalue weighted by Crippen LogP contribution is 2.23. The Morgan fingerprint density at radius 3 is 2.72 bits per heavy atom. The zero-order valence-corrected chi connectivity index (χ0v) is 11.2. The molecule has 98 valence electrons. The number of hydrogen-bond donors (Lipinski definition) is 2. The Balaban J connectivity index is 2.01. The van der Waals surface area contributed by atoms with E-state index in [9.17, 15) is 4.79 Å². The van der Waals surface area contributed by atoms with Gasteiger partial charge in [0.05, 0.1) is 11.4 Å². The van der Waals surface area contributed by atoms with Crippen LogP contribution in [0.5, 0.6) is 0 Å². The summed E-state index contributed by atoms with van der Waals surface area (Å²) in [6.45, 7) is 3.58. The lowest BCUT2D eigenvalue weighted by Crippen LogP contribution is -2.39. The van der Waals surface area contributed by atoms with Gasteiger partial charge in [-0.15, -0.1) is 0 Å². The smallest absolute Gasteiger partial charge is 0.244 e. The van der Waals surface area contributed by atoms with Gasteiger partial charge in [-0.1, -0.05) is 11.6 Å².